The highest BCUT2D eigenvalue weighted by molar-refractivity contribution is 6.06. The van der Waals surface area contributed by atoms with Crippen molar-refractivity contribution in [2.45, 2.75) is 20.8 Å². The Balaban J connectivity index is 1.45. The lowest BCUT2D eigenvalue weighted by Gasteiger charge is -2.11. The van der Waals surface area contributed by atoms with Gasteiger partial charge in [0.15, 0.2) is 5.82 Å². The number of fused-ring (bicyclic) bond motifs is 1. The van der Waals surface area contributed by atoms with E-state index in [0.29, 0.717) is 17.1 Å². The largest absolute Gasteiger partial charge is 0.322 e. The molecule has 0 atom stereocenters. The van der Waals surface area contributed by atoms with Gasteiger partial charge in [0.25, 0.3) is 5.91 Å². The average Bonchev–Trinajstić information content (AvgIpc) is 3.37. The lowest BCUT2D eigenvalue weighted by molar-refractivity contribution is 0.102. The van der Waals surface area contributed by atoms with Crippen LogP contribution in [0.3, 0.4) is 0 Å². The summed E-state index contributed by atoms with van der Waals surface area (Å²) in [6.45, 7) is 5.76. The van der Waals surface area contributed by atoms with Crippen molar-refractivity contribution in [3.8, 4) is 11.4 Å². The quantitative estimate of drug-likeness (QED) is 0.468. The van der Waals surface area contributed by atoms with Crippen molar-refractivity contribution in [3.63, 3.8) is 0 Å². The summed E-state index contributed by atoms with van der Waals surface area (Å²) in [7, 11) is 0. The summed E-state index contributed by atoms with van der Waals surface area (Å²) in [4.78, 5) is 17.6. The lowest BCUT2D eigenvalue weighted by atomic mass is 10.1. The number of hydrogen-bond acceptors (Lipinski definition) is 5. The van der Waals surface area contributed by atoms with Gasteiger partial charge in [-0.25, -0.2) is 4.98 Å². The highest BCUT2D eigenvalue weighted by Gasteiger charge is 2.14. The third kappa shape index (κ3) is 3.41. The van der Waals surface area contributed by atoms with Gasteiger partial charge in [0.1, 0.15) is 5.82 Å². The molecule has 0 bridgehead atoms. The molecule has 0 fully saturated rings. The minimum absolute atomic E-state index is 0.206. The summed E-state index contributed by atoms with van der Waals surface area (Å²) in [5.74, 6) is 1.33. The number of carbonyl (C=O) groups is 1. The van der Waals surface area contributed by atoms with Crippen molar-refractivity contribution < 1.29 is 4.79 Å². The van der Waals surface area contributed by atoms with E-state index in [9.17, 15) is 4.79 Å². The molecule has 8 nitrogen and oxygen atoms in total. The van der Waals surface area contributed by atoms with Gasteiger partial charge >= 0.3 is 0 Å². The summed E-state index contributed by atoms with van der Waals surface area (Å²) < 4.78 is 3.73. The Morgan fingerprint density at radius 1 is 0.906 bits per heavy atom. The van der Waals surface area contributed by atoms with Crippen LogP contribution < -0.4 is 5.32 Å². The monoisotopic (exact) mass is 423 g/mol. The number of anilines is 1. The fraction of sp³-hybridized carbons (Fsp3) is 0.125. The molecule has 0 radical (unpaired) electrons. The highest BCUT2D eigenvalue weighted by atomic mass is 16.1. The van der Waals surface area contributed by atoms with E-state index in [2.05, 4.69) is 30.4 Å². The zero-order valence-electron chi connectivity index (χ0n) is 17.9. The van der Waals surface area contributed by atoms with Gasteiger partial charge in [-0.2, -0.15) is 4.68 Å². The van der Waals surface area contributed by atoms with E-state index in [0.717, 1.165) is 33.8 Å². The highest BCUT2D eigenvalue weighted by Crippen LogP contribution is 2.24. The first-order chi connectivity index (χ1) is 15.5. The Morgan fingerprint density at radius 3 is 2.47 bits per heavy atom. The number of nitrogens with zero attached hydrogens (tertiary/aromatic N) is 6. The first-order valence-electron chi connectivity index (χ1n) is 10.2. The molecule has 2 heterocycles. The molecular formula is C24H21N7O. The van der Waals surface area contributed by atoms with Gasteiger partial charge < -0.3 is 5.32 Å². The fourth-order valence-electron chi connectivity index (χ4n) is 3.82. The molecule has 8 heteroatoms. The number of aryl methyl sites for hydroxylation is 3. The molecule has 2 aromatic heterocycles. The van der Waals surface area contributed by atoms with Gasteiger partial charge in [-0.3, -0.25) is 9.36 Å². The zero-order valence-corrected chi connectivity index (χ0v) is 17.9. The van der Waals surface area contributed by atoms with Crippen LogP contribution in [0.15, 0.2) is 66.7 Å². The van der Waals surface area contributed by atoms with Crippen LogP contribution in [0.25, 0.3) is 22.4 Å². The Kier molecular flexibility index (Phi) is 4.74. The first kappa shape index (κ1) is 19.6. The van der Waals surface area contributed by atoms with Crippen molar-refractivity contribution in [1.29, 1.82) is 0 Å². The van der Waals surface area contributed by atoms with Gasteiger partial charge in [-0.1, -0.05) is 24.3 Å². The smallest absolute Gasteiger partial charge is 0.255 e. The molecule has 5 aromatic rings. The van der Waals surface area contributed by atoms with E-state index >= 15 is 0 Å². The number of aromatic nitrogens is 6. The second-order valence-electron chi connectivity index (χ2n) is 7.63. The lowest BCUT2D eigenvalue weighted by Crippen LogP contribution is -2.12. The van der Waals surface area contributed by atoms with Crippen LogP contribution in [0.5, 0.6) is 0 Å². The van der Waals surface area contributed by atoms with Crippen molar-refractivity contribution in [3.05, 3.63) is 89.5 Å². The topological polar surface area (TPSA) is 90.5 Å². The Hall–Kier alpha value is -4.33. The molecule has 5 rings (SSSR count). The van der Waals surface area contributed by atoms with Crippen molar-refractivity contribution in [1.82, 2.24) is 29.8 Å². The van der Waals surface area contributed by atoms with E-state index in [-0.39, 0.29) is 5.91 Å². The summed E-state index contributed by atoms with van der Waals surface area (Å²) in [6, 6.07) is 21.3. The van der Waals surface area contributed by atoms with Crippen LogP contribution in [0.1, 0.15) is 27.6 Å². The second kappa shape index (κ2) is 7.73. The minimum atomic E-state index is -0.206. The predicted molar refractivity (Wildman–Crippen MR) is 122 cm³/mol. The molecule has 0 aliphatic heterocycles. The summed E-state index contributed by atoms with van der Waals surface area (Å²) >= 11 is 0. The molecular weight excluding hydrogens is 402 g/mol. The van der Waals surface area contributed by atoms with Crippen LogP contribution in [0, 0.1) is 20.8 Å². The number of nitrogens with one attached hydrogen (secondary N) is 1. The maximum atomic E-state index is 13.0. The van der Waals surface area contributed by atoms with Crippen LogP contribution >= 0.6 is 0 Å². The summed E-state index contributed by atoms with van der Waals surface area (Å²) in [5, 5.41) is 14.6. The van der Waals surface area contributed by atoms with E-state index in [4.69, 9.17) is 0 Å². The third-order valence-electron chi connectivity index (χ3n) is 5.42. The minimum Gasteiger partial charge on any atom is -0.322 e. The van der Waals surface area contributed by atoms with E-state index in [1.807, 2.05) is 87.5 Å². The molecule has 0 aliphatic carbocycles. The van der Waals surface area contributed by atoms with Crippen LogP contribution in [-0.4, -0.2) is 35.7 Å². The van der Waals surface area contributed by atoms with Gasteiger partial charge in [0.2, 0.25) is 0 Å². The van der Waals surface area contributed by atoms with E-state index in [1.54, 1.807) is 4.68 Å². The molecule has 1 N–H and O–H groups in total. The van der Waals surface area contributed by atoms with Gasteiger partial charge in [-0.15, -0.1) is 5.10 Å². The Labute approximate surface area is 184 Å². The van der Waals surface area contributed by atoms with Crippen LogP contribution in [-0.2, 0) is 0 Å². The summed E-state index contributed by atoms with van der Waals surface area (Å²) in [6.07, 6.45) is 0. The van der Waals surface area contributed by atoms with Crippen molar-refractivity contribution in [2.24, 2.45) is 0 Å². The molecule has 0 saturated heterocycles. The summed E-state index contributed by atoms with van der Waals surface area (Å²) in [5.41, 5.74) is 5.78. The molecule has 0 unspecified atom stereocenters. The number of benzene rings is 3. The fourth-order valence-corrected chi connectivity index (χ4v) is 3.82. The standard InChI is InChI=1S/C24H21N7O/c1-15-9-11-19(14-23(15)31-17(3)27-28-29-31)26-24(32)18-10-12-22-21(13-18)25-16(2)30(22)20-7-5-4-6-8-20/h4-14H,1-3H3,(H,26,32). The normalized spacial score (nSPS) is 11.1. The predicted octanol–water partition coefficient (Wildman–Crippen LogP) is 4.18. The van der Waals surface area contributed by atoms with Crippen molar-refractivity contribution >= 4 is 22.6 Å². The Bertz CT molecular complexity index is 1450. The van der Waals surface area contributed by atoms with Gasteiger partial charge in [-0.05, 0) is 79.2 Å². The third-order valence-corrected chi connectivity index (χ3v) is 5.42. The van der Waals surface area contributed by atoms with Gasteiger partial charge in [0, 0.05) is 16.9 Å². The second-order valence-corrected chi connectivity index (χ2v) is 7.63. The van der Waals surface area contributed by atoms with Crippen molar-refractivity contribution in [2.75, 3.05) is 5.32 Å². The average molecular weight is 423 g/mol. The zero-order chi connectivity index (χ0) is 22.2. The van der Waals surface area contributed by atoms with E-state index in [1.165, 1.54) is 0 Å². The first-order valence-corrected chi connectivity index (χ1v) is 10.2. The molecule has 158 valence electrons. The molecule has 0 saturated carbocycles. The van der Waals surface area contributed by atoms with Gasteiger partial charge in [0.05, 0.1) is 16.7 Å². The molecule has 3 aromatic carbocycles. The maximum absolute atomic E-state index is 13.0. The molecule has 32 heavy (non-hydrogen) atoms. The number of tetrazole rings is 1. The number of hydrogen-bond donors (Lipinski definition) is 1. The maximum Gasteiger partial charge on any atom is 0.255 e. The van der Waals surface area contributed by atoms with Crippen LogP contribution in [0.4, 0.5) is 5.69 Å². The van der Waals surface area contributed by atoms with E-state index < -0.39 is 0 Å². The molecule has 0 aliphatic rings. The SMILES string of the molecule is Cc1ccc(NC(=O)c2ccc3c(c2)nc(C)n3-c2ccccc2)cc1-n1nnnc1C. The molecule has 1 amide bonds. The number of rotatable bonds is 4. The Morgan fingerprint density at radius 2 is 1.72 bits per heavy atom. The number of carbonyl (C=O) groups excluding carboxylic acids is 1. The number of para-hydroxylation sites is 1. The number of amides is 1. The molecule has 0 spiro atoms. The number of imidazole rings is 1. The van der Waals surface area contributed by atoms with Crippen LogP contribution in [0.2, 0.25) is 0 Å².